The molecule has 1 fully saturated rings. The third-order valence-corrected chi connectivity index (χ3v) is 5.71. The zero-order valence-corrected chi connectivity index (χ0v) is 17.0. The number of piperidine rings is 1. The lowest BCUT2D eigenvalue weighted by Gasteiger charge is -2.33. The minimum Gasteiger partial charge on any atom is -0.379 e. The van der Waals surface area contributed by atoms with Gasteiger partial charge in [0, 0.05) is 35.4 Å². The van der Waals surface area contributed by atoms with E-state index < -0.39 is 24.9 Å². The highest BCUT2D eigenvalue weighted by Crippen LogP contribution is 2.35. The average molecular weight is 433 g/mol. The van der Waals surface area contributed by atoms with Crippen molar-refractivity contribution < 1.29 is 22.4 Å². The van der Waals surface area contributed by atoms with E-state index >= 15 is 0 Å². The molecule has 2 heterocycles. The molecule has 0 unspecified atom stereocenters. The highest BCUT2D eigenvalue weighted by atomic mass is 19.4. The quantitative estimate of drug-likeness (QED) is 0.447. The predicted molar refractivity (Wildman–Crippen MR) is 113 cm³/mol. The van der Waals surface area contributed by atoms with E-state index in [9.17, 15) is 22.4 Å². The molecule has 0 spiro atoms. The zero-order valence-electron chi connectivity index (χ0n) is 17.0. The van der Waals surface area contributed by atoms with Gasteiger partial charge in [-0.3, -0.25) is 4.79 Å². The Bertz CT molecular complexity index is 1070. The van der Waals surface area contributed by atoms with E-state index in [1.807, 2.05) is 11.9 Å². The van der Waals surface area contributed by atoms with Crippen molar-refractivity contribution in [3.05, 3.63) is 54.1 Å². The van der Waals surface area contributed by atoms with E-state index in [0.29, 0.717) is 52.7 Å². The molecule has 0 amide bonds. The second kappa shape index (κ2) is 8.34. The Morgan fingerprint density at radius 2 is 1.90 bits per heavy atom. The minimum atomic E-state index is -4.41. The Kier molecular flexibility index (Phi) is 5.75. The summed E-state index contributed by atoms with van der Waals surface area (Å²) < 4.78 is 55.9. The molecule has 1 saturated heterocycles. The maximum atomic E-state index is 14.5. The molecule has 0 bridgehead atoms. The number of hydrogen-bond donors (Lipinski definition) is 1. The number of likely N-dealkylation sites (tertiary alicyclic amines) is 1. The number of alkyl halides is 4. The molecule has 4 rings (SSSR count). The van der Waals surface area contributed by atoms with Crippen LogP contribution in [0.3, 0.4) is 0 Å². The number of rotatable bonds is 5. The van der Waals surface area contributed by atoms with E-state index in [2.05, 4.69) is 5.32 Å². The van der Waals surface area contributed by atoms with Gasteiger partial charge in [0.2, 0.25) is 0 Å². The van der Waals surface area contributed by atoms with Crippen LogP contribution in [0.1, 0.15) is 16.8 Å². The van der Waals surface area contributed by atoms with Crippen molar-refractivity contribution in [2.24, 2.45) is 0 Å². The molecular weight excluding hydrogens is 410 g/mol. The molecule has 1 aliphatic heterocycles. The number of nitrogens with one attached hydrogen (secondary N) is 1. The Labute approximate surface area is 177 Å². The first kappa shape index (κ1) is 21.4. The van der Waals surface area contributed by atoms with Gasteiger partial charge in [0.25, 0.3) is 0 Å². The van der Waals surface area contributed by atoms with Gasteiger partial charge in [-0.1, -0.05) is 30.3 Å². The molecule has 8 heteroatoms. The fourth-order valence-electron chi connectivity index (χ4n) is 4.15. The van der Waals surface area contributed by atoms with Crippen molar-refractivity contribution in [1.29, 1.82) is 0 Å². The van der Waals surface area contributed by atoms with Gasteiger partial charge < -0.3 is 14.8 Å². The van der Waals surface area contributed by atoms with Crippen LogP contribution in [0.4, 0.5) is 23.2 Å². The van der Waals surface area contributed by atoms with Crippen LogP contribution in [0, 0.1) is 0 Å². The Balaban J connectivity index is 1.78. The van der Waals surface area contributed by atoms with Gasteiger partial charge in [-0.25, -0.2) is 4.39 Å². The predicted octanol–water partition coefficient (Wildman–Crippen LogP) is 5.14. The van der Waals surface area contributed by atoms with Gasteiger partial charge in [0.1, 0.15) is 19.0 Å². The van der Waals surface area contributed by atoms with E-state index in [1.165, 1.54) is 4.57 Å². The van der Waals surface area contributed by atoms with Crippen molar-refractivity contribution in [1.82, 2.24) is 9.47 Å². The number of fused-ring (bicyclic) bond motifs is 1. The molecular formula is C23H23F4N3O. The molecule has 4 nitrogen and oxygen atoms in total. The van der Waals surface area contributed by atoms with Gasteiger partial charge in [0.05, 0.1) is 11.6 Å². The summed E-state index contributed by atoms with van der Waals surface area (Å²) in [5, 5.41) is 3.83. The smallest absolute Gasteiger partial charge is 0.379 e. The first-order chi connectivity index (χ1) is 14.7. The number of carbonyl (C=O) groups is 1. The SMILES string of the molecule is CN1CC[C@H](Nc2cccc3c2cc(-c2ccc(C=O)cc2)n3CC(F)(F)F)[C@H](F)C1. The summed E-state index contributed by atoms with van der Waals surface area (Å²) in [6.07, 6.45) is -4.18. The van der Waals surface area contributed by atoms with Gasteiger partial charge >= 0.3 is 6.18 Å². The van der Waals surface area contributed by atoms with Crippen LogP contribution in [0.5, 0.6) is 0 Å². The Morgan fingerprint density at radius 1 is 1.16 bits per heavy atom. The summed E-state index contributed by atoms with van der Waals surface area (Å²) in [6, 6.07) is 12.8. The Morgan fingerprint density at radius 3 is 2.55 bits per heavy atom. The molecule has 2 aromatic carbocycles. The van der Waals surface area contributed by atoms with Crippen LogP contribution >= 0.6 is 0 Å². The summed E-state index contributed by atoms with van der Waals surface area (Å²) in [4.78, 5) is 12.9. The van der Waals surface area contributed by atoms with Crippen molar-refractivity contribution in [3.8, 4) is 11.3 Å². The average Bonchev–Trinajstić information content (AvgIpc) is 3.08. The van der Waals surface area contributed by atoms with Crippen molar-refractivity contribution in [3.63, 3.8) is 0 Å². The lowest BCUT2D eigenvalue weighted by Crippen LogP contribution is -2.46. The maximum absolute atomic E-state index is 14.5. The molecule has 2 atom stereocenters. The standard InChI is InChI=1S/C23H23F4N3O/c1-29-10-9-20(18(24)12-29)28-19-3-2-4-21-17(19)11-22(30(21)14-23(25,26)27)16-7-5-15(13-31)6-8-16/h2-8,11,13,18,20,28H,9-10,12,14H2,1H3/t18-,20+/m1/s1. The molecule has 3 aromatic rings. The van der Waals surface area contributed by atoms with E-state index in [1.54, 1.807) is 48.5 Å². The first-order valence-electron chi connectivity index (χ1n) is 10.1. The van der Waals surface area contributed by atoms with Gasteiger partial charge in [0.15, 0.2) is 0 Å². The van der Waals surface area contributed by atoms with E-state index in [-0.39, 0.29) is 0 Å². The minimum absolute atomic E-state index is 0.317. The largest absolute Gasteiger partial charge is 0.406 e. The van der Waals surface area contributed by atoms with Gasteiger partial charge in [-0.2, -0.15) is 13.2 Å². The maximum Gasteiger partial charge on any atom is 0.406 e. The summed E-state index contributed by atoms with van der Waals surface area (Å²) in [6.45, 7) is -0.0841. The van der Waals surface area contributed by atoms with Crippen molar-refractivity contribution in [2.45, 2.75) is 31.4 Å². The summed E-state index contributed by atoms with van der Waals surface area (Å²) in [7, 11) is 1.86. The number of hydrogen-bond acceptors (Lipinski definition) is 3. The lowest BCUT2D eigenvalue weighted by atomic mass is 10.0. The number of aromatic nitrogens is 1. The van der Waals surface area contributed by atoms with Gasteiger partial charge in [-0.15, -0.1) is 0 Å². The number of halogens is 4. The molecule has 0 saturated carbocycles. The number of benzene rings is 2. The first-order valence-corrected chi connectivity index (χ1v) is 10.1. The van der Waals surface area contributed by atoms with Crippen LogP contribution in [-0.4, -0.2) is 54.3 Å². The van der Waals surface area contributed by atoms with Crippen molar-refractivity contribution in [2.75, 3.05) is 25.5 Å². The highest BCUT2D eigenvalue weighted by molar-refractivity contribution is 5.97. The van der Waals surface area contributed by atoms with Crippen LogP contribution in [0.2, 0.25) is 0 Å². The molecule has 31 heavy (non-hydrogen) atoms. The molecule has 1 N–H and O–H groups in total. The third kappa shape index (κ3) is 4.58. The second-order valence-electron chi connectivity index (χ2n) is 8.03. The lowest BCUT2D eigenvalue weighted by molar-refractivity contribution is -0.139. The zero-order chi connectivity index (χ0) is 22.2. The normalized spacial score (nSPS) is 20.2. The highest BCUT2D eigenvalue weighted by Gasteiger charge is 2.31. The molecule has 1 aromatic heterocycles. The third-order valence-electron chi connectivity index (χ3n) is 5.71. The number of aldehydes is 1. The van der Waals surface area contributed by atoms with Crippen LogP contribution < -0.4 is 5.32 Å². The Hall–Kier alpha value is -2.87. The number of carbonyl (C=O) groups excluding carboxylic acids is 1. The fourth-order valence-corrected chi connectivity index (χ4v) is 4.15. The summed E-state index contributed by atoms with van der Waals surface area (Å²) >= 11 is 0. The number of nitrogens with zero attached hydrogens (tertiary/aromatic N) is 2. The van der Waals surface area contributed by atoms with Crippen LogP contribution in [0.15, 0.2) is 48.5 Å². The van der Waals surface area contributed by atoms with Crippen molar-refractivity contribution >= 4 is 22.9 Å². The monoisotopic (exact) mass is 433 g/mol. The van der Waals surface area contributed by atoms with E-state index in [0.717, 1.165) is 6.54 Å². The topological polar surface area (TPSA) is 37.3 Å². The molecule has 0 radical (unpaired) electrons. The summed E-state index contributed by atoms with van der Waals surface area (Å²) in [5.74, 6) is 0. The van der Waals surface area contributed by atoms with Crippen LogP contribution in [-0.2, 0) is 6.54 Å². The van der Waals surface area contributed by atoms with Gasteiger partial charge in [-0.05, 0) is 37.2 Å². The molecule has 1 aliphatic rings. The van der Waals surface area contributed by atoms with Crippen LogP contribution in [0.25, 0.3) is 22.2 Å². The van der Waals surface area contributed by atoms with E-state index in [4.69, 9.17) is 0 Å². The molecule has 0 aliphatic carbocycles. The number of anilines is 1. The molecule has 164 valence electrons. The fraction of sp³-hybridized carbons (Fsp3) is 0.348. The summed E-state index contributed by atoms with van der Waals surface area (Å²) in [5.41, 5.74) is 2.43. The second-order valence-corrected chi connectivity index (χ2v) is 8.03.